The van der Waals surface area contributed by atoms with Crippen molar-refractivity contribution in [1.82, 2.24) is 9.97 Å². The maximum absolute atomic E-state index is 10.8. The maximum Gasteiger partial charge on any atom is 0.335 e. The molecule has 0 radical (unpaired) electrons. The second-order valence-electron chi connectivity index (χ2n) is 4.62. The smallest absolute Gasteiger partial charge is 0.335 e. The molecule has 1 aromatic heterocycles. The Hall–Kier alpha value is -2.43. The number of nitrogens with one attached hydrogen (secondary N) is 1. The van der Waals surface area contributed by atoms with E-state index in [1.807, 2.05) is 26.0 Å². The Balaban J connectivity index is 1.92. The van der Waals surface area contributed by atoms with Gasteiger partial charge in [-0.05, 0) is 38.0 Å². The van der Waals surface area contributed by atoms with E-state index in [-0.39, 0.29) is 0 Å². The SMILES string of the molecule is Cc1cnc(C)c(NCCc2ccc(C(=O)O)cc2)n1. The number of aromatic carboxylic acids is 1. The number of anilines is 1. The number of benzene rings is 1. The topological polar surface area (TPSA) is 75.1 Å². The summed E-state index contributed by atoms with van der Waals surface area (Å²) in [6.07, 6.45) is 2.54. The molecule has 0 saturated heterocycles. The standard InChI is InChI=1S/C15H17N3O2/c1-10-9-17-11(2)14(18-10)16-8-7-12-3-5-13(6-4-12)15(19)20/h3-6,9H,7-8H2,1-2H3,(H,16,18)(H,19,20). The highest BCUT2D eigenvalue weighted by Gasteiger charge is 2.03. The molecule has 0 saturated carbocycles. The van der Waals surface area contributed by atoms with Crippen LogP contribution in [0, 0.1) is 13.8 Å². The third-order valence-corrected chi connectivity index (χ3v) is 2.98. The normalized spacial score (nSPS) is 10.3. The molecule has 0 atom stereocenters. The van der Waals surface area contributed by atoms with Crippen LogP contribution >= 0.6 is 0 Å². The van der Waals surface area contributed by atoms with Gasteiger partial charge >= 0.3 is 5.97 Å². The molecule has 0 fully saturated rings. The Bertz CT molecular complexity index is 609. The van der Waals surface area contributed by atoms with E-state index in [0.717, 1.165) is 35.7 Å². The van der Waals surface area contributed by atoms with Crippen molar-refractivity contribution >= 4 is 11.8 Å². The van der Waals surface area contributed by atoms with E-state index in [9.17, 15) is 4.79 Å². The van der Waals surface area contributed by atoms with Crippen LogP contribution in [0.3, 0.4) is 0 Å². The molecule has 2 rings (SSSR count). The summed E-state index contributed by atoms with van der Waals surface area (Å²) in [5.41, 5.74) is 3.14. The number of rotatable bonds is 5. The largest absolute Gasteiger partial charge is 0.478 e. The van der Waals surface area contributed by atoms with Crippen LogP contribution in [0.25, 0.3) is 0 Å². The molecule has 5 nitrogen and oxygen atoms in total. The summed E-state index contributed by atoms with van der Waals surface area (Å²) in [6, 6.07) is 6.91. The van der Waals surface area contributed by atoms with Crippen LogP contribution in [-0.2, 0) is 6.42 Å². The minimum atomic E-state index is -0.902. The minimum absolute atomic E-state index is 0.308. The third-order valence-electron chi connectivity index (χ3n) is 2.98. The van der Waals surface area contributed by atoms with Gasteiger partial charge in [-0.1, -0.05) is 12.1 Å². The highest BCUT2D eigenvalue weighted by Crippen LogP contribution is 2.10. The van der Waals surface area contributed by atoms with Gasteiger partial charge in [-0.25, -0.2) is 9.78 Å². The Morgan fingerprint density at radius 1 is 1.25 bits per heavy atom. The third kappa shape index (κ3) is 3.54. The molecular formula is C15H17N3O2. The van der Waals surface area contributed by atoms with Crippen molar-refractivity contribution in [3.63, 3.8) is 0 Å². The Kier molecular flexibility index (Phi) is 4.30. The summed E-state index contributed by atoms with van der Waals surface area (Å²) in [5, 5.41) is 12.1. The van der Waals surface area contributed by atoms with E-state index in [1.165, 1.54) is 0 Å². The van der Waals surface area contributed by atoms with Gasteiger partial charge in [0.15, 0.2) is 0 Å². The summed E-state index contributed by atoms with van der Waals surface area (Å²) in [7, 11) is 0. The number of carbonyl (C=O) groups is 1. The first-order valence-corrected chi connectivity index (χ1v) is 6.42. The molecule has 2 aromatic rings. The van der Waals surface area contributed by atoms with Gasteiger partial charge in [-0.15, -0.1) is 0 Å². The number of carboxylic acids is 1. The number of carboxylic acid groups (broad SMARTS) is 1. The summed E-state index contributed by atoms with van der Waals surface area (Å²) >= 11 is 0. The average Bonchev–Trinajstić information content (AvgIpc) is 2.43. The van der Waals surface area contributed by atoms with Gasteiger partial charge in [0, 0.05) is 12.7 Å². The van der Waals surface area contributed by atoms with Crippen LogP contribution in [0.5, 0.6) is 0 Å². The Labute approximate surface area is 117 Å². The molecule has 0 amide bonds. The average molecular weight is 271 g/mol. The fraction of sp³-hybridized carbons (Fsp3) is 0.267. The summed E-state index contributed by atoms with van der Waals surface area (Å²) in [5.74, 6) is -0.104. The highest BCUT2D eigenvalue weighted by atomic mass is 16.4. The van der Waals surface area contributed by atoms with Crippen LogP contribution in [0.15, 0.2) is 30.5 Å². The number of nitrogens with zero attached hydrogens (tertiary/aromatic N) is 2. The van der Waals surface area contributed by atoms with Gasteiger partial charge in [0.25, 0.3) is 0 Å². The van der Waals surface area contributed by atoms with E-state index in [0.29, 0.717) is 5.56 Å². The molecule has 0 aliphatic heterocycles. The first-order chi connectivity index (χ1) is 9.56. The number of aromatic nitrogens is 2. The molecule has 1 heterocycles. The lowest BCUT2D eigenvalue weighted by Gasteiger charge is -2.08. The predicted molar refractivity (Wildman–Crippen MR) is 77.1 cm³/mol. The van der Waals surface area contributed by atoms with Gasteiger partial charge < -0.3 is 10.4 Å². The van der Waals surface area contributed by atoms with Crippen LogP contribution in [-0.4, -0.2) is 27.6 Å². The highest BCUT2D eigenvalue weighted by molar-refractivity contribution is 5.87. The lowest BCUT2D eigenvalue weighted by atomic mass is 10.1. The van der Waals surface area contributed by atoms with Gasteiger partial charge in [-0.3, -0.25) is 4.98 Å². The molecule has 0 bridgehead atoms. The van der Waals surface area contributed by atoms with Crippen LogP contribution in [0.2, 0.25) is 0 Å². The monoisotopic (exact) mass is 271 g/mol. The number of aryl methyl sites for hydroxylation is 2. The zero-order chi connectivity index (χ0) is 14.5. The summed E-state index contributed by atoms with van der Waals surface area (Å²) in [6.45, 7) is 4.55. The van der Waals surface area contributed by atoms with E-state index in [2.05, 4.69) is 15.3 Å². The van der Waals surface area contributed by atoms with E-state index >= 15 is 0 Å². The second-order valence-corrected chi connectivity index (χ2v) is 4.62. The first kappa shape index (κ1) is 14.0. The van der Waals surface area contributed by atoms with Gasteiger partial charge in [-0.2, -0.15) is 0 Å². The summed E-state index contributed by atoms with van der Waals surface area (Å²) in [4.78, 5) is 19.4. The number of hydrogen-bond donors (Lipinski definition) is 2. The van der Waals surface area contributed by atoms with Gasteiger partial charge in [0.1, 0.15) is 5.82 Å². The van der Waals surface area contributed by atoms with E-state index < -0.39 is 5.97 Å². The van der Waals surface area contributed by atoms with Crippen molar-refractivity contribution in [2.75, 3.05) is 11.9 Å². The van der Waals surface area contributed by atoms with Crippen LogP contribution < -0.4 is 5.32 Å². The van der Waals surface area contributed by atoms with E-state index in [1.54, 1.807) is 18.3 Å². The fourth-order valence-corrected chi connectivity index (χ4v) is 1.84. The Morgan fingerprint density at radius 2 is 1.95 bits per heavy atom. The number of hydrogen-bond acceptors (Lipinski definition) is 4. The molecule has 5 heteroatoms. The van der Waals surface area contributed by atoms with E-state index in [4.69, 9.17) is 5.11 Å². The molecular weight excluding hydrogens is 254 g/mol. The quantitative estimate of drug-likeness (QED) is 0.873. The molecule has 2 N–H and O–H groups in total. The first-order valence-electron chi connectivity index (χ1n) is 6.42. The molecule has 104 valence electrons. The van der Waals surface area contributed by atoms with Gasteiger partial charge in [0.2, 0.25) is 0 Å². The second kappa shape index (κ2) is 6.14. The van der Waals surface area contributed by atoms with Gasteiger partial charge in [0.05, 0.1) is 17.0 Å². The predicted octanol–water partition coefficient (Wildman–Crippen LogP) is 2.45. The molecule has 20 heavy (non-hydrogen) atoms. The molecule has 0 aliphatic rings. The molecule has 0 spiro atoms. The van der Waals surface area contributed by atoms with Crippen molar-refractivity contribution in [2.24, 2.45) is 0 Å². The van der Waals surface area contributed by atoms with Crippen molar-refractivity contribution in [2.45, 2.75) is 20.3 Å². The van der Waals surface area contributed by atoms with Crippen molar-refractivity contribution < 1.29 is 9.90 Å². The van der Waals surface area contributed by atoms with Crippen molar-refractivity contribution in [1.29, 1.82) is 0 Å². The molecule has 1 aromatic carbocycles. The fourth-order valence-electron chi connectivity index (χ4n) is 1.84. The van der Waals surface area contributed by atoms with Crippen molar-refractivity contribution in [3.05, 3.63) is 53.0 Å². The maximum atomic E-state index is 10.8. The van der Waals surface area contributed by atoms with Crippen LogP contribution in [0.1, 0.15) is 27.3 Å². The van der Waals surface area contributed by atoms with Crippen molar-refractivity contribution in [3.8, 4) is 0 Å². The lowest BCUT2D eigenvalue weighted by molar-refractivity contribution is 0.0697. The lowest BCUT2D eigenvalue weighted by Crippen LogP contribution is -2.09. The zero-order valence-electron chi connectivity index (χ0n) is 11.6. The van der Waals surface area contributed by atoms with Crippen LogP contribution in [0.4, 0.5) is 5.82 Å². The minimum Gasteiger partial charge on any atom is -0.478 e. The Morgan fingerprint density at radius 3 is 2.60 bits per heavy atom. The molecule has 0 aliphatic carbocycles. The molecule has 0 unspecified atom stereocenters. The summed E-state index contributed by atoms with van der Waals surface area (Å²) < 4.78 is 0. The zero-order valence-corrected chi connectivity index (χ0v) is 11.6.